The lowest BCUT2D eigenvalue weighted by molar-refractivity contribution is 0.0882. The molecule has 2 nitrogen and oxygen atoms in total. The van der Waals surface area contributed by atoms with E-state index in [-0.39, 0.29) is 11.1 Å². The van der Waals surface area contributed by atoms with Crippen molar-refractivity contribution < 1.29 is 9.23 Å². The Hall–Kier alpha value is -0.350. The molecular weight excluding hydrogens is 228 g/mol. The molecular formula is C9H8Cl2FNO. The summed E-state index contributed by atoms with van der Waals surface area (Å²) in [6.45, 7) is 0.602. The van der Waals surface area contributed by atoms with Crippen molar-refractivity contribution in [2.45, 2.75) is 12.5 Å². The topological polar surface area (TPSA) is 21.3 Å². The fourth-order valence-corrected chi connectivity index (χ4v) is 1.93. The summed E-state index contributed by atoms with van der Waals surface area (Å²) in [5, 5.41) is 0.497. The Morgan fingerprint density at radius 2 is 2.14 bits per heavy atom. The van der Waals surface area contributed by atoms with Gasteiger partial charge in [-0.1, -0.05) is 23.2 Å². The van der Waals surface area contributed by atoms with Gasteiger partial charge in [-0.3, -0.25) is 0 Å². The van der Waals surface area contributed by atoms with Crippen LogP contribution in [0.2, 0.25) is 10.0 Å². The van der Waals surface area contributed by atoms with Gasteiger partial charge in [-0.2, -0.15) is 5.48 Å². The molecule has 0 amide bonds. The van der Waals surface area contributed by atoms with E-state index in [9.17, 15) is 4.39 Å². The average Bonchev–Trinajstić information content (AvgIpc) is 2.64. The van der Waals surface area contributed by atoms with E-state index in [1.165, 1.54) is 12.1 Å². The predicted octanol–water partition coefficient (Wildman–Crippen LogP) is 3.10. The minimum atomic E-state index is -0.459. The van der Waals surface area contributed by atoms with Crippen molar-refractivity contribution in [1.82, 2.24) is 5.48 Å². The number of benzene rings is 1. The van der Waals surface area contributed by atoms with E-state index >= 15 is 0 Å². The van der Waals surface area contributed by atoms with Crippen molar-refractivity contribution in [1.29, 1.82) is 0 Å². The number of hydroxylamine groups is 1. The van der Waals surface area contributed by atoms with Gasteiger partial charge in [-0.05, 0) is 24.1 Å². The van der Waals surface area contributed by atoms with E-state index < -0.39 is 5.82 Å². The third-order valence-electron chi connectivity index (χ3n) is 2.15. The Morgan fingerprint density at radius 3 is 2.79 bits per heavy atom. The third kappa shape index (κ3) is 1.86. The maximum Gasteiger partial charge on any atom is 0.142 e. The lowest BCUT2D eigenvalue weighted by Gasteiger charge is -2.11. The van der Waals surface area contributed by atoms with Crippen LogP contribution in [0.1, 0.15) is 18.0 Å². The van der Waals surface area contributed by atoms with Crippen LogP contribution in [-0.4, -0.2) is 6.61 Å². The highest BCUT2D eigenvalue weighted by atomic mass is 35.5. The molecule has 1 aromatic rings. The van der Waals surface area contributed by atoms with E-state index in [1.54, 1.807) is 0 Å². The zero-order valence-electron chi connectivity index (χ0n) is 7.19. The highest BCUT2D eigenvalue weighted by Gasteiger charge is 2.21. The summed E-state index contributed by atoms with van der Waals surface area (Å²) in [6, 6.07) is 2.71. The van der Waals surface area contributed by atoms with Crippen LogP contribution >= 0.6 is 23.2 Å². The molecule has 1 fully saturated rings. The normalized spacial score (nSPS) is 21.5. The van der Waals surface area contributed by atoms with Gasteiger partial charge in [0.05, 0.1) is 17.7 Å². The van der Waals surface area contributed by atoms with Gasteiger partial charge in [0.2, 0.25) is 0 Å². The second-order valence-electron chi connectivity index (χ2n) is 3.10. The number of hydrogen-bond acceptors (Lipinski definition) is 2. The molecule has 1 unspecified atom stereocenters. The Labute approximate surface area is 90.9 Å². The Balaban J connectivity index is 2.37. The van der Waals surface area contributed by atoms with Crippen LogP contribution in [0.15, 0.2) is 12.1 Å². The van der Waals surface area contributed by atoms with Crippen molar-refractivity contribution in [3.63, 3.8) is 0 Å². The van der Waals surface area contributed by atoms with E-state index in [0.29, 0.717) is 17.2 Å². The van der Waals surface area contributed by atoms with Gasteiger partial charge in [-0.25, -0.2) is 4.39 Å². The van der Waals surface area contributed by atoms with E-state index in [4.69, 9.17) is 28.0 Å². The number of halogens is 3. The molecule has 0 spiro atoms. The third-order valence-corrected chi connectivity index (χ3v) is 2.77. The van der Waals surface area contributed by atoms with Gasteiger partial charge < -0.3 is 4.84 Å². The molecule has 0 radical (unpaired) electrons. The van der Waals surface area contributed by atoms with Crippen molar-refractivity contribution in [2.75, 3.05) is 6.61 Å². The molecule has 1 aromatic carbocycles. The monoisotopic (exact) mass is 235 g/mol. The van der Waals surface area contributed by atoms with Gasteiger partial charge in [0, 0.05) is 5.02 Å². The SMILES string of the molecule is Fc1cc(C2CCON2)c(Cl)cc1Cl. The van der Waals surface area contributed by atoms with Crippen LogP contribution in [0.3, 0.4) is 0 Å². The smallest absolute Gasteiger partial charge is 0.142 e. The molecule has 0 saturated carbocycles. The molecule has 0 aliphatic carbocycles. The second kappa shape index (κ2) is 4.03. The standard InChI is InChI=1S/C9H8Cl2FNO/c10-6-4-7(11)8(12)3-5(6)9-1-2-14-13-9/h3-4,9,13H,1-2H2. The van der Waals surface area contributed by atoms with Crippen LogP contribution in [0.4, 0.5) is 4.39 Å². The maximum atomic E-state index is 13.2. The lowest BCUT2D eigenvalue weighted by Crippen LogP contribution is -2.12. The van der Waals surface area contributed by atoms with Crippen molar-refractivity contribution in [3.8, 4) is 0 Å². The summed E-state index contributed by atoms with van der Waals surface area (Å²) < 4.78 is 13.2. The summed E-state index contributed by atoms with van der Waals surface area (Å²) in [5.41, 5.74) is 3.45. The van der Waals surface area contributed by atoms with Gasteiger partial charge in [0.15, 0.2) is 0 Å². The van der Waals surface area contributed by atoms with Gasteiger partial charge in [-0.15, -0.1) is 0 Å². The summed E-state index contributed by atoms with van der Waals surface area (Å²) in [4.78, 5) is 4.97. The first-order valence-corrected chi connectivity index (χ1v) is 4.96. The Kier molecular flexibility index (Phi) is 2.93. The zero-order valence-corrected chi connectivity index (χ0v) is 8.70. The summed E-state index contributed by atoms with van der Waals surface area (Å²) in [7, 11) is 0. The first-order chi connectivity index (χ1) is 6.68. The molecule has 76 valence electrons. The minimum Gasteiger partial charge on any atom is -0.301 e. The maximum absolute atomic E-state index is 13.2. The van der Waals surface area contributed by atoms with Crippen LogP contribution in [0.25, 0.3) is 0 Å². The van der Waals surface area contributed by atoms with Gasteiger partial charge in [0.1, 0.15) is 5.82 Å². The molecule has 5 heteroatoms. The lowest BCUT2D eigenvalue weighted by atomic mass is 10.1. The first kappa shape index (κ1) is 10.2. The van der Waals surface area contributed by atoms with Crippen molar-refractivity contribution >= 4 is 23.2 Å². The van der Waals surface area contributed by atoms with Crippen LogP contribution < -0.4 is 5.48 Å². The van der Waals surface area contributed by atoms with Crippen LogP contribution in [0.5, 0.6) is 0 Å². The summed E-state index contributed by atoms with van der Waals surface area (Å²) >= 11 is 11.5. The molecule has 2 rings (SSSR count). The summed E-state index contributed by atoms with van der Waals surface area (Å²) in [5.74, 6) is -0.459. The van der Waals surface area contributed by atoms with E-state index in [0.717, 1.165) is 6.42 Å². The largest absolute Gasteiger partial charge is 0.301 e. The molecule has 1 heterocycles. The van der Waals surface area contributed by atoms with E-state index in [1.807, 2.05) is 0 Å². The minimum absolute atomic E-state index is 0.0395. The van der Waals surface area contributed by atoms with Gasteiger partial charge in [0.25, 0.3) is 0 Å². The average molecular weight is 236 g/mol. The second-order valence-corrected chi connectivity index (χ2v) is 3.91. The van der Waals surface area contributed by atoms with Crippen LogP contribution in [0, 0.1) is 5.82 Å². The highest BCUT2D eigenvalue weighted by Crippen LogP contribution is 2.31. The fraction of sp³-hybridized carbons (Fsp3) is 0.333. The molecule has 1 saturated heterocycles. The highest BCUT2D eigenvalue weighted by molar-refractivity contribution is 6.35. The fourth-order valence-electron chi connectivity index (χ4n) is 1.42. The number of rotatable bonds is 1. The molecule has 1 N–H and O–H groups in total. The molecule has 1 aliphatic heterocycles. The quantitative estimate of drug-likeness (QED) is 0.756. The summed E-state index contributed by atoms with van der Waals surface area (Å²) in [6.07, 6.45) is 0.779. The van der Waals surface area contributed by atoms with Crippen molar-refractivity contribution in [3.05, 3.63) is 33.6 Å². The number of nitrogens with one attached hydrogen (secondary N) is 1. The first-order valence-electron chi connectivity index (χ1n) is 4.20. The Morgan fingerprint density at radius 1 is 1.36 bits per heavy atom. The zero-order chi connectivity index (χ0) is 10.1. The van der Waals surface area contributed by atoms with Gasteiger partial charge >= 0.3 is 0 Å². The Bertz CT molecular complexity index is 353. The van der Waals surface area contributed by atoms with E-state index in [2.05, 4.69) is 5.48 Å². The molecule has 1 aliphatic rings. The molecule has 0 bridgehead atoms. The predicted molar refractivity (Wildman–Crippen MR) is 52.9 cm³/mol. The molecule has 1 atom stereocenters. The molecule has 14 heavy (non-hydrogen) atoms. The van der Waals surface area contributed by atoms with Crippen molar-refractivity contribution in [2.24, 2.45) is 0 Å². The number of hydrogen-bond donors (Lipinski definition) is 1. The molecule has 0 aromatic heterocycles. The van der Waals surface area contributed by atoms with Crippen LogP contribution in [-0.2, 0) is 4.84 Å².